The minimum atomic E-state index is -0.339. The Morgan fingerprint density at radius 2 is 1.81 bits per heavy atom. The molecule has 3 rings (SSSR count). The number of nitrogens with zero attached hydrogens (tertiary/aromatic N) is 1. The van der Waals surface area contributed by atoms with E-state index in [-0.39, 0.29) is 18.4 Å². The zero-order valence-corrected chi connectivity index (χ0v) is 17.9. The number of carbonyl (C=O) groups is 2. The molecule has 0 aromatic heterocycles. The van der Waals surface area contributed by atoms with E-state index in [1.165, 1.54) is 6.21 Å². The van der Waals surface area contributed by atoms with E-state index in [1.54, 1.807) is 42.5 Å². The highest BCUT2D eigenvalue weighted by Gasteiger charge is 2.09. The Balaban J connectivity index is 1.63. The summed E-state index contributed by atoms with van der Waals surface area (Å²) in [5.74, 6) is -0.212. The predicted molar refractivity (Wildman–Crippen MR) is 123 cm³/mol. The van der Waals surface area contributed by atoms with Crippen LogP contribution in [0.15, 0.2) is 71.8 Å². The van der Waals surface area contributed by atoms with Gasteiger partial charge < -0.3 is 10.1 Å². The van der Waals surface area contributed by atoms with Crippen LogP contribution in [0.1, 0.15) is 27.0 Å². The first-order chi connectivity index (χ1) is 14.9. The van der Waals surface area contributed by atoms with Crippen molar-refractivity contribution in [2.75, 3.05) is 11.9 Å². The monoisotopic (exact) mass is 435 g/mol. The number of hydrogen-bond donors (Lipinski definition) is 2. The fourth-order valence-electron chi connectivity index (χ4n) is 2.77. The van der Waals surface area contributed by atoms with Gasteiger partial charge in [-0.15, -0.1) is 0 Å². The van der Waals surface area contributed by atoms with Gasteiger partial charge >= 0.3 is 0 Å². The van der Waals surface area contributed by atoms with Gasteiger partial charge in [0, 0.05) is 21.8 Å². The molecule has 0 bridgehead atoms. The lowest BCUT2D eigenvalue weighted by Gasteiger charge is -2.12. The second kappa shape index (κ2) is 10.4. The maximum atomic E-state index is 12.3. The minimum Gasteiger partial charge on any atom is -0.483 e. The molecule has 0 atom stereocenters. The Morgan fingerprint density at radius 1 is 1.03 bits per heavy atom. The van der Waals surface area contributed by atoms with Crippen molar-refractivity contribution in [2.45, 2.75) is 13.8 Å². The van der Waals surface area contributed by atoms with Crippen LogP contribution in [0.4, 0.5) is 5.69 Å². The maximum absolute atomic E-state index is 12.3. The third-order valence-corrected chi connectivity index (χ3v) is 4.64. The van der Waals surface area contributed by atoms with Gasteiger partial charge in [0.2, 0.25) is 0 Å². The van der Waals surface area contributed by atoms with Crippen LogP contribution in [0.25, 0.3) is 0 Å². The summed E-state index contributed by atoms with van der Waals surface area (Å²) < 4.78 is 5.66. The largest absolute Gasteiger partial charge is 0.483 e. The number of benzene rings is 3. The summed E-state index contributed by atoms with van der Waals surface area (Å²) in [4.78, 5) is 24.4. The lowest BCUT2D eigenvalue weighted by atomic mass is 10.1. The van der Waals surface area contributed by atoms with Gasteiger partial charge in [0.25, 0.3) is 11.8 Å². The number of hydrazone groups is 1. The topological polar surface area (TPSA) is 79.8 Å². The summed E-state index contributed by atoms with van der Waals surface area (Å²) in [5.41, 5.74) is 6.24. The van der Waals surface area contributed by atoms with Crippen molar-refractivity contribution in [3.63, 3.8) is 0 Å². The van der Waals surface area contributed by atoms with Crippen molar-refractivity contribution in [2.24, 2.45) is 5.10 Å². The van der Waals surface area contributed by atoms with Gasteiger partial charge in [-0.1, -0.05) is 41.9 Å². The molecule has 3 aromatic rings. The molecule has 0 heterocycles. The quantitative estimate of drug-likeness (QED) is 0.415. The molecule has 0 fully saturated rings. The van der Waals surface area contributed by atoms with E-state index in [0.29, 0.717) is 21.9 Å². The van der Waals surface area contributed by atoms with E-state index >= 15 is 0 Å². The van der Waals surface area contributed by atoms with Crippen molar-refractivity contribution in [1.82, 2.24) is 5.43 Å². The Labute approximate surface area is 185 Å². The summed E-state index contributed by atoms with van der Waals surface area (Å²) in [5, 5.41) is 7.29. The second-order valence-electron chi connectivity index (χ2n) is 6.90. The first kappa shape index (κ1) is 22.1. The fraction of sp³-hybridized carbons (Fsp3) is 0.125. The average Bonchev–Trinajstić information content (AvgIpc) is 2.76. The van der Waals surface area contributed by atoms with E-state index in [4.69, 9.17) is 16.3 Å². The van der Waals surface area contributed by atoms with Crippen LogP contribution in [0.2, 0.25) is 5.02 Å². The van der Waals surface area contributed by atoms with Crippen molar-refractivity contribution in [3.05, 3.63) is 94.0 Å². The van der Waals surface area contributed by atoms with Gasteiger partial charge in [-0.25, -0.2) is 5.43 Å². The van der Waals surface area contributed by atoms with Gasteiger partial charge in [-0.3, -0.25) is 9.59 Å². The highest BCUT2D eigenvalue weighted by Crippen LogP contribution is 2.22. The maximum Gasteiger partial charge on any atom is 0.271 e. The molecule has 0 saturated carbocycles. The van der Waals surface area contributed by atoms with Crippen molar-refractivity contribution >= 4 is 35.3 Å². The smallest absolute Gasteiger partial charge is 0.271 e. The molecule has 6 nitrogen and oxygen atoms in total. The molecule has 0 aliphatic carbocycles. The molecule has 3 aromatic carbocycles. The predicted octanol–water partition coefficient (Wildman–Crippen LogP) is 4.74. The van der Waals surface area contributed by atoms with Crippen LogP contribution in [0.5, 0.6) is 5.75 Å². The number of hydrogen-bond acceptors (Lipinski definition) is 4. The van der Waals surface area contributed by atoms with E-state index in [2.05, 4.69) is 15.8 Å². The standard InChI is InChI=1S/C24H22ClN3O3/c1-16-8-9-17(2)21(12-16)27-23(29)15-31-22-11-10-20(25)13-19(22)14-26-28-24(30)18-6-4-3-5-7-18/h3-14H,15H2,1-2H3,(H,27,29)(H,28,30)/b26-14+. The molecule has 7 heteroatoms. The normalized spacial score (nSPS) is 10.7. The van der Waals surface area contributed by atoms with Crippen LogP contribution < -0.4 is 15.5 Å². The molecule has 0 radical (unpaired) electrons. The molecule has 31 heavy (non-hydrogen) atoms. The minimum absolute atomic E-state index is 0.188. The summed E-state index contributed by atoms with van der Waals surface area (Å²) in [6, 6.07) is 19.5. The van der Waals surface area contributed by atoms with Gasteiger partial charge in [0.15, 0.2) is 6.61 Å². The third-order valence-electron chi connectivity index (χ3n) is 4.40. The SMILES string of the molecule is Cc1ccc(C)c(NC(=O)COc2ccc(Cl)cc2/C=N/NC(=O)c2ccccc2)c1. The van der Waals surface area contributed by atoms with Crippen LogP contribution >= 0.6 is 11.6 Å². The van der Waals surface area contributed by atoms with E-state index in [1.807, 2.05) is 38.1 Å². The molecule has 0 unspecified atom stereocenters. The zero-order valence-electron chi connectivity index (χ0n) is 17.2. The first-order valence-electron chi connectivity index (χ1n) is 9.60. The highest BCUT2D eigenvalue weighted by atomic mass is 35.5. The third kappa shape index (κ3) is 6.42. The molecular formula is C24H22ClN3O3. The zero-order chi connectivity index (χ0) is 22.2. The van der Waals surface area contributed by atoms with Gasteiger partial charge in [-0.05, 0) is 61.4 Å². The molecule has 2 N–H and O–H groups in total. The fourth-order valence-corrected chi connectivity index (χ4v) is 2.95. The number of rotatable bonds is 7. The number of aryl methyl sites for hydroxylation is 2. The number of anilines is 1. The van der Waals surface area contributed by atoms with E-state index < -0.39 is 0 Å². The number of amides is 2. The highest BCUT2D eigenvalue weighted by molar-refractivity contribution is 6.30. The molecule has 2 amide bonds. The number of halogens is 1. The molecular weight excluding hydrogens is 414 g/mol. The molecule has 0 saturated heterocycles. The molecule has 0 aliphatic heterocycles. The Hall–Kier alpha value is -3.64. The van der Waals surface area contributed by atoms with Crippen molar-refractivity contribution < 1.29 is 14.3 Å². The first-order valence-corrected chi connectivity index (χ1v) is 9.98. The van der Waals surface area contributed by atoms with Crippen molar-refractivity contribution in [3.8, 4) is 5.75 Å². The summed E-state index contributed by atoms with van der Waals surface area (Å²) >= 11 is 6.07. The molecule has 0 aliphatic rings. The van der Waals surface area contributed by atoms with Gasteiger partial charge in [0.05, 0.1) is 6.21 Å². The van der Waals surface area contributed by atoms with Crippen LogP contribution in [-0.2, 0) is 4.79 Å². The van der Waals surface area contributed by atoms with E-state index in [9.17, 15) is 9.59 Å². The van der Waals surface area contributed by atoms with E-state index in [0.717, 1.165) is 16.8 Å². The number of carbonyl (C=O) groups excluding carboxylic acids is 2. The Kier molecular flexibility index (Phi) is 7.40. The Morgan fingerprint density at radius 3 is 2.58 bits per heavy atom. The lowest BCUT2D eigenvalue weighted by Crippen LogP contribution is -2.21. The summed E-state index contributed by atoms with van der Waals surface area (Å²) in [7, 11) is 0. The van der Waals surface area contributed by atoms with Crippen LogP contribution in [0, 0.1) is 13.8 Å². The lowest BCUT2D eigenvalue weighted by molar-refractivity contribution is -0.118. The van der Waals surface area contributed by atoms with Crippen LogP contribution in [-0.4, -0.2) is 24.6 Å². The molecule has 0 spiro atoms. The number of ether oxygens (including phenoxy) is 1. The van der Waals surface area contributed by atoms with Crippen LogP contribution in [0.3, 0.4) is 0 Å². The average molecular weight is 436 g/mol. The van der Waals surface area contributed by atoms with Gasteiger partial charge in [-0.2, -0.15) is 5.10 Å². The summed E-state index contributed by atoms with van der Waals surface area (Å²) in [6.45, 7) is 3.70. The summed E-state index contributed by atoms with van der Waals surface area (Å²) in [6.07, 6.45) is 1.42. The molecule has 158 valence electrons. The number of nitrogens with one attached hydrogen (secondary N) is 2. The van der Waals surface area contributed by atoms with Crippen molar-refractivity contribution in [1.29, 1.82) is 0 Å². The van der Waals surface area contributed by atoms with Gasteiger partial charge in [0.1, 0.15) is 5.75 Å². The Bertz CT molecular complexity index is 1110. The second-order valence-corrected chi connectivity index (χ2v) is 7.34.